The van der Waals surface area contributed by atoms with Gasteiger partial charge < -0.3 is 19.1 Å². The molecule has 0 radical (unpaired) electrons. The molecule has 202 valence electrons. The van der Waals surface area contributed by atoms with Crippen LogP contribution in [0.4, 0.5) is 0 Å². The molecule has 1 aromatic heterocycles. The molecule has 0 spiro atoms. The van der Waals surface area contributed by atoms with E-state index >= 15 is 0 Å². The van der Waals surface area contributed by atoms with Crippen LogP contribution in [0, 0.1) is 0 Å². The Labute approximate surface area is 221 Å². The highest BCUT2D eigenvalue weighted by atomic mass is 16.5. The number of nitrogens with zero attached hydrogens (tertiary/aromatic N) is 3. The maximum absolute atomic E-state index is 13.8. The van der Waals surface area contributed by atoms with Gasteiger partial charge in [0.05, 0.1) is 11.6 Å². The van der Waals surface area contributed by atoms with E-state index in [1.54, 1.807) is 6.07 Å². The average Bonchev–Trinajstić information content (AvgIpc) is 3.38. The summed E-state index contributed by atoms with van der Waals surface area (Å²) in [7, 11) is 0. The molecule has 0 unspecified atom stereocenters. The van der Waals surface area contributed by atoms with Crippen molar-refractivity contribution < 1.29 is 18.8 Å². The van der Waals surface area contributed by atoms with Crippen LogP contribution in [0.15, 0.2) is 34.9 Å². The number of aromatic nitrogens is 1. The number of amides is 2. The van der Waals surface area contributed by atoms with Crippen molar-refractivity contribution in [2.45, 2.75) is 103 Å². The first kappa shape index (κ1) is 27.2. The number of fused-ring (bicyclic) bond motifs is 2. The SMILES string of the molecule is CCCc1cc(C(=O)N2CCCCCCCN(CCC)C(=O)c3ccccc3O[C@H]3CCCC[C@H]32)no1. The fourth-order valence-corrected chi connectivity index (χ4v) is 5.69. The van der Waals surface area contributed by atoms with E-state index in [4.69, 9.17) is 9.26 Å². The van der Waals surface area contributed by atoms with Gasteiger partial charge in [-0.05, 0) is 57.1 Å². The van der Waals surface area contributed by atoms with Crippen molar-refractivity contribution in [2.24, 2.45) is 0 Å². The van der Waals surface area contributed by atoms with Gasteiger partial charge in [0.15, 0.2) is 5.69 Å². The normalized spacial score (nSPS) is 21.8. The van der Waals surface area contributed by atoms with Crippen molar-refractivity contribution in [1.29, 1.82) is 0 Å². The number of carbonyl (C=O) groups is 2. The first-order valence-electron chi connectivity index (χ1n) is 14.4. The van der Waals surface area contributed by atoms with Crippen molar-refractivity contribution in [3.8, 4) is 5.75 Å². The molecule has 2 atom stereocenters. The fraction of sp³-hybridized carbons (Fsp3) is 0.633. The summed E-state index contributed by atoms with van der Waals surface area (Å²) in [6.45, 7) is 6.40. The summed E-state index contributed by atoms with van der Waals surface area (Å²) in [6.07, 6.45) is 11.5. The molecule has 2 amide bonds. The molecule has 2 aliphatic rings. The van der Waals surface area contributed by atoms with Crippen LogP contribution in [0.25, 0.3) is 0 Å². The maximum Gasteiger partial charge on any atom is 0.276 e. The number of ether oxygens (including phenoxy) is 1. The minimum absolute atomic E-state index is 0.0404. The first-order valence-corrected chi connectivity index (χ1v) is 14.4. The molecule has 0 N–H and O–H groups in total. The Morgan fingerprint density at radius 2 is 1.73 bits per heavy atom. The van der Waals surface area contributed by atoms with Gasteiger partial charge in [0.25, 0.3) is 11.8 Å². The summed E-state index contributed by atoms with van der Waals surface area (Å²) in [6, 6.07) is 9.36. The Balaban J connectivity index is 1.64. The van der Waals surface area contributed by atoms with Crippen molar-refractivity contribution in [1.82, 2.24) is 15.0 Å². The number of hydrogen-bond donors (Lipinski definition) is 0. The van der Waals surface area contributed by atoms with Gasteiger partial charge in [-0.2, -0.15) is 0 Å². The number of rotatable bonds is 5. The lowest BCUT2D eigenvalue weighted by atomic mass is 9.90. The van der Waals surface area contributed by atoms with Gasteiger partial charge in [-0.25, -0.2) is 0 Å². The summed E-state index contributed by atoms with van der Waals surface area (Å²) in [5.41, 5.74) is 1.00. The van der Waals surface area contributed by atoms with Gasteiger partial charge in [0, 0.05) is 32.1 Å². The van der Waals surface area contributed by atoms with E-state index in [-0.39, 0.29) is 24.0 Å². The van der Waals surface area contributed by atoms with E-state index in [9.17, 15) is 9.59 Å². The molecule has 1 saturated carbocycles. The summed E-state index contributed by atoms with van der Waals surface area (Å²) in [5, 5.41) is 4.13. The third kappa shape index (κ3) is 6.93. The average molecular weight is 510 g/mol. The maximum atomic E-state index is 13.8. The number of para-hydroxylation sites is 1. The lowest BCUT2D eigenvalue weighted by Crippen LogP contribution is -2.51. The van der Waals surface area contributed by atoms with Crippen molar-refractivity contribution in [2.75, 3.05) is 19.6 Å². The Hall–Kier alpha value is -2.83. The highest BCUT2D eigenvalue weighted by molar-refractivity contribution is 5.97. The molecule has 2 aromatic rings. The third-order valence-corrected chi connectivity index (χ3v) is 7.61. The molecule has 0 bridgehead atoms. The Morgan fingerprint density at radius 1 is 0.973 bits per heavy atom. The Kier molecular flexibility index (Phi) is 10.0. The monoisotopic (exact) mass is 509 g/mol. The molecule has 7 nitrogen and oxygen atoms in total. The molecular weight excluding hydrogens is 466 g/mol. The van der Waals surface area contributed by atoms with E-state index in [0.29, 0.717) is 23.6 Å². The highest BCUT2D eigenvalue weighted by Crippen LogP contribution is 2.31. The van der Waals surface area contributed by atoms with Crippen LogP contribution < -0.4 is 4.74 Å². The molecule has 0 saturated heterocycles. The largest absolute Gasteiger partial charge is 0.487 e. The molecule has 37 heavy (non-hydrogen) atoms. The van der Waals surface area contributed by atoms with E-state index in [1.807, 2.05) is 34.1 Å². The second-order valence-electron chi connectivity index (χ2n) is 10.5. The quantitative estimate of drug-likeness (QED) is 0.474. The number of aryl methyl sites for hydroxylation is 1. The minimum Gasteiger partial charge on any atom is -0.487 e. The van der Waals surface area contributed by atoms with Crippen molar-refractivity contribution >= 4 is 11.8 Å². The van der Waals surface area contributed by atoms with Gasteiger partial charge in [-0.1, -0.05) is 56.8 Å². The molecule has 2 heterocycles. The van der Waals surface area contributed by atoms with Gasteiger partial charge in [0.2, 0.25) is 0 Å². The summed E-state index contributed by atoms with van der Waals surface area (Å²) < 4.78 is 12.1. The summed E-state index contributed by atoms with van der Waals surface area (Å²) in [5.74, 6) is 1.34. The van der Waals surface area contributed by atoms with Crippen LogP contribution >= 0.6 is 0 Å². The zero-order valence-corrected chi connectivity index (χ0v) is 22.6. The zero-order valence-electron chi connectivity index (χ0n) is 22.6. The van der Waals surface area contributed by atoms with Gasteiger partial charge >= 0.3 is 0 Å². The number of hydrogen-bond acceptors (Lipinski definition) is 5. The lowest BCUT2D eigenvalue weighted by Gasteiger charge is -2.40. The topological polar surface area (TPSA) is 75.9 Å². The second-order valence-corrected chi connectivity index (χ2v) is 10.5. The highest BCUT2D eigenvalue weighted by Gasteiger charge is 2.36. The number of benzene rings is 1. The van der Waals surface area contributed by atoms with Crippen LogP contribution in [0.5, 0.6) is 5.75 Å². The molecular formula is C30H43N3O4. The number of carbonyl (C=O) groups excluding carboxylic acids is 2. The van der Waals surface area contributed by atoms with E-state index in [0.717, 1.165) is 95.9 Å². The molecule has 7 heteroatoms. The van der Waals surface area contributed by atoms with Crippen LogP contribution in [0.1, 0.15) is 111 Å². The van der Waals surface area contributed by atoms with Crippen molar-refractivity contribution in [3.63, 3.8) is 0 Å². The van der Waals surface area contributed by atoms with E-state index < -0.39 is 0 Å². The molecule has 1 aliphatic heterocycles. The fourth-order valence-electron chi connectivity index (χ4n) is 5.69. The van der Waals surface area contributed by atoms with Gasteiger partial charge in [-0.15, -0.1) is 0 Å². The van der Waals surface area contributed by atoms with Crippen LogP contribution in [-0.2, 0) is 6.42 Å². The molecule has 1 aromatic carbocycles. The summed E-state index contributed by atoms with van der Waals surface area (Å²) >= 11 is 0. The zero-order chi connectivity index (χ0) is 26.0. The second kappa shape index (κ2) is 13.6. The van der Waals surface area contributed by atoms with E-state index in [1.165, 1.54) is 0 Å². The van der Waals surface area contributed by atoms with Crippen LogP contribution in [0.3, 0.4) is 0 Å². The van der Waals surface area contributed by atoms with Crippen molar-refractivity contribution in [3.05, 3.63) is 47.3 Å². The van der Waals surface area contributed by atoms with Crippen LogP contribution in [0.2, 0.25) is 0 Å². The van der Waals surface area contributed by atoms with Gasteiger partial charge in [-0.3, -0.25) is 9.59 Å². The standard InChI is InChI=1S/C30H43N3O4/c1-3-14-23-22-25(31-37-23)30(35)33-21-13-7-5-6-12-20-32(19-4-2)29(34)24-15-8-10-17-27(24)36-28-18-11-9-16-26(28)33/h8,10,15,17,22,26,28H,3-7,9,11-14,16,18-21H2,1-2H3/t26-,28+/m1/s1. The van der Waals surface area contributed by atoms with Gasteiger partial charge in [0.1, 0.15) is 17.6 Å². The summed E-state index contributed by atoms with van der Waals surface area (Å²) in [4.78, 5) is 31.3. The molecule has 4 rings (SSSR count). The predicted octanol–water partition coefficient (Wildman–Crippen LogP) is 6.28. The Bertz CT molecular complexity index is 1020. The molecule has 1 fully saturated rings. The first-order chi connectivity index (χ1) is 18.1. The Morgan fingerprint density at radius 3 is 2.54 bits per heavy atom. The third-order valence-electron chi connectivity index (χ3n) is 7.61. The minimum atomic E-state index is -0.168. The molecule has 1 aliphatic carbocycles. The van der Waals surface area contributed by atoms with Crippen LogP contribution in [-0.4, -0.2) is 58.6 Å². The predicted molar refractivity (Wildman–Crippen MR) is 144 cm³/mol. The smallest absolute Gasteiger partial charge is 0.276 e. The lowest BCUT2D eigenvalue weighted by molar-refractivity contribution is 0.0263. The van der Waals surface area contributed by atoms with E-state index in [2.05, 4.69) is 19.0 Å².